The summed E-state index contributed by atoms with van der Waals surface area (Å²) in [6, 6.07) is 10.5. The highest BCUT2D eigenvalue weighted by Crippen LogP contribution is 2.45. The second-order valence-corrected chi connectivity index (χ2v) is 9.21. The molecule has 0 aliphatic rings. The van der Waals surface area contributed by atoms with Crippen LogP contribution in [0.5, 0.6) is 0 Å². The van der Waals surface area contributed by atoms with E-state index in [1.807, 2.05) is 0 Å². The number of benzene rings is 4. The van der Waals surface area contributed by atoms with E-state index in [0.717, 1.165) is 48.5 Å². The van der Waals surface area contributed by atoms with Gasteiger partial charge in [0.25, 0.3) is 0 Å². The summed E-state index contributed by atoms with van der Waals surface area (Å²) in [5.74, 6) is 0. The lowest BCUT2D eigenvalue weighted by Gasteiger charge is -2.18. The van der Waals surface area contributed by atoms with Gasteiger partial charge in [0, 0.05) is 22.7 Å². The standard InChI is InChI=1S/2C14H10F6N2.H2O/c2*15-13(16,17)11-5-7(21)1-3-9(11)10-4-2-8(22)6-12(10)14(18,19)20;/h2*1-6H,21-22H2;1H2. The van der Waals surface area contributed by atoms with Gasteiger partial charge in [-0.05, 0) is 70.8 Å². The van der Waals surface area contributed by atoms with E-state index in [9.17, 15) is 52.7 Å². The van der Waals surface area contributed by atoms with Crippen molar-refractivity contribution in [2.45, 2.75) is 24.7 Å². The molecule has 0 atom stereocenters. The highest BCUT2D eigenvalue weighted by Gasteiger charge is 2.40. The van der Waals surface area contributed by atoms with E-state index in [1.54, 1.807) is 0 Å². The lowest BCUT2D eigenvalue weighted by molar-refractivity contribution is -0.139. The van der Waals surface area contributed by atoms with Crippen molar-refractivity contribution in [3.05, 3.63) is 95.1 Å². The fourth-order valence-corrected chi connectivity index (χ4v) is 4.13. The van der Waals surface area contributed by atoms with E-state index >= 15 is 0 Å². The van der Waals surface area contributed by atoms with Crippen LogP contribution in [0.2, 0.25) is 0 Å². The van der Waals surface area contributed by atoms with Crippen LogP contribution in [0.3, 0.4) is 0 Å². The third kappa shape index (κ3) is 8.65. The molecular formula is C28H22F12N4O. The summed E-state index contributed by atoms with van der Waals surface area (Å²) in [4.78, 5) is 0. The van der Waals surface area contributed by atoms with Gasteiger partial charge in [0.2, 0.25) is 0 Å². The Hall–Kier alpha value is -4.80. The molecule has 0 bridgehead atoms. The topological polar surface area (TPSA) is 136 Å². The molecule has 244 valence electrons. The van der Waals surface area contributed by atoms with Crippen LogP contribution in [0.15, 0.2) is 72.8 Å². The molecule has 0 aromatic heterocycles. The highest BCUT2D eigenvalue weighted by molar-refractivity contribution is 5.76. The molecule has 0 radical (unpaired) electrons. The number of anilines is 4. The Morgan fingerprint density at radius 2 is 0.467 bits per heavy atom. The van der Waals surface area contributed by atoms with E-state index in [2.05, 4.69) is 0 Å². The molecule has 0 aliphatic heterocycles. The van der Waals surface area contributed by atoms with Crippen LogP contribution < -0.4 is 22.9 Å². The minimum atomic E-state index is -4.84. The first kappa shape index (κ1) is 36.4. The minimum absolute atomic E-state index is 0. The Morgan fingerprint density at radius 1 is 0.311 bits per heavy atom. The van der Waals surface area contributed by atoms with Crippen LogP contribution in [-0.2, 0) is 24.7 Å². The number of nitrogens with two attached hydrogens (primary N) is 4. The Bertz CT molecular complexity index is 1410. The molecule has 0 heterocycles. The van der Waals surface area contributed by atoms with Gasteiger partial charge in [0.15, 0.2) is 0 Å². The predicted molar refractivity (Wildman–Crippen MR) is 145 cm³/mol. The van der Waals surface area contributed by atoms with Crippen molar-refractivity contribution in [2.75, 3.05) is 22.9 Å². The molecule has 0 saturated carbocycles. The third-order valence-corrected chi connectivity index (χ3v) is 5.98. The van der Waals surface area contributed by atoms with Crippen LogP contribution in [0.1, 0.15) is 22.3 Å². The SMILES string of the molecule is Nc1ccc(-c2ccc(N)cc2C(F)(F)F)c(C(F)(F)F)c1.Nc1ccc(-c2ccc(N)cc2C(F)(F)F)c(C(F)(F)F)c1.O. The maximum atomic E-state index is 13.1. The van der Waals surface area contributed by atoms with Gasteiger partial charge in [-0.15, -0.1) is 0 Å². The van der Waals surface area contributed by atoms with Gasteiger partial charge in [-0.2, -0.15) is 52.7 Å². The van der Waals surface area contributed by atoms with Gasteiger partial charge >= 0.3 is 24.7 Å². The summed E-state index contributed by atoms with van der Waals surface area (Å²) in [6.07, 6.45) is -19.4. The molecule has 0 fully saturated rings. The van der Waals surface area contributed by atoms with Crippen LogP contribution >= 0.6 is 0 Å². The van der Waals surface area contributed by atoms with Crippen molar-refractivity contribution < 1.29 is 58.2 Å². The molecule has 0 spiro atoms. The van der Waals surface area contributed by atoms with Crippen LogP contribution in [0.4, 0.5) is 75.4 Å². The molecule has 0 amide bonds. The molecule has 4 aromatic rings. The molecule has 4 rings (SSSR count). The normalized spacial score (nSPS) is 12.2. The lowest BCUT2D eigenvalue weighted by atomic mass is 9.94. The summed E-state index contributed by atoms with van der Waals surface area (Å²) in [7, 11) is 0. The zero-order valence-corrected chi connectivity index (χ0v) is 22.3. The van der Waals surface area contributed by atoms with Crippen molar-refractivity contribution in [2.24, 2.45) is 0 Å². The van der Waals surface area contributed by atoms with E-state index in [1.165, 1.54) is 0 Å². The van der Waals surface area contributed by atoms with Crippen molar-refractivity contribution in [3.8, 4) is 22.3 Å². The minimum Gasteiger partial charge on any atom is -0.412 e. The fraction of sp³-hybridized carbons (Fsp3) is 0.143. The Balaban J connectivity index is 0.000000307. The number of rotatable bonds is 2. The van der Waals surface area contributed by atoms with Gasteiger partial charge < -0.3 is 28.4 Å². The molecule has 0 saturated heterocycles. The quantitative estimate of drug-likeness (QED) is 0.127. The third-order valence-electron chi connectivity index (χ3n) is 5.98. The number of nitrogen functional groups attached to an aromatic ring is 4. The van der Waals surface area contributed by atoms with Crippen molar-refractivity contribution in [1.82, 2.24) is 0 Å². The van der Waals surface area contributed by atoms with Gasteiger partial charge in [-0.25, -0.2) is 0 Å². The van der Waals surface area contributed by atoms with E-state index in [-0.39, 0.29) is 28.2 Å². The van der Waals surface area contributed by atoms with Gasteiger partial charge in [0.05, 0.1) is 22.3 Å². The second-order valence-electron chi connectivity index (χ2n) is 9.21. The molecule has 5 nitrogen and oxygen atoms in total. The van der Waals surface area contributed by atoms with Crippen molar-refractivity contribution in [3.63, 3.8) is 0 Å². The smallest absolute Gasteiger partial charge is 0.412 e. The van der Waals surface area contributed by atoms with Crippen LogP contribution in [0.25, 0.3) is 22.3 Å². The molecule has 0 aliphatic carbocycles. The fourth-order valence-electron chi connectivity index (χ4n) is 4.13. The first-order valence-electron chi connectivity index (χ1n) is 11.9. The number of alkyl halides is 12. The maximum absolute atomic E-state index is 13.1. The summed E-state index contributed by atoms with van der Waals surface area (Å²) >= 11 is 0. The molecule has 4 aromatic carbocycles. The van der Waals surface area contributed by atoms with Crippen molar-refractivity contribution >= 4 is 22.7 Å². The lowest BCUT2D eigenvalue weighted by Crippen LogP contribution is -2.12. The van der Waals surface area contributed by atoms with E-state index in [4.69, 9.17) is 22.9 Å². The average Bonchev–Trinajstić information content (AvgIpc) is 2.87. The molecule has 17 heteroatoms. The monoisotopic (exact) mass is 658 g/mol. The summed E-state index contributed by atoms with van der Waals surface area (Å²) < 4.78 is 157. The van der Waals surface area contributed by atoms with Crippen LogP contribution in [0, 0.1) is 0 Å². The summed E-state index contributed by atoms with van der Waals surface area (Å²) in [5, 5.41) is 0. The molecule has 10 N–H and O–H groups in total. The van der Waals surface area contributed by atoms with E-state index in [0.29, 0.717) is 24.3 Å². The Kier molecular flexibility index (Phi) is 10.2. The predicted octanol–water partition coefficient (Wildman–Crippen LogP) is 8.29. The maximum Gasteiger partial charge on any atom is 0.417 e. The Morgan fingerprint density at radius 3 is 0.600 bits per heavy atom. The number of hydrogen-bond donors (Lipinski definition) is 4. The summed E-state index contributed by atoms with van der Waals surface area (Å²) in [5.41, 5.74) is 13.1. The molecule has 45 heavy (non-hydrogen) atoms. The van der Waals surface area contributed by atoms with E-state index < -0.39 is 69.2 Å². The van der Waals surface area contributed by atoms with Crippen LogP contribution in [-0.4, -0.2) is 5.48 Å². The van der Waals surface area contributed by atoms with Gasteiger partial charge in [-0.3, -0.25) is 0 Å². The van der Waals surface area contributed by atoms with Crippen molar-refractivity contribution in [1.29, 1.82) is 0 Å². The number of halogens is 12. The first-order chi connectivity index (χ1) is 20.0. The number of hydrogen-bond acceptors (Lipinski definition) is 4. The Labute approximate surface area is 246 Å². The largest absolute Gasteiger partial charge is 0.417 e. The van der Waals surface area contributed by atoms with Gasteiger partial charge in [-0.1, -0.05) is 24.3 Å². The molecular weight excluding hydrogens is 636 g/mol. The zero-order chi connectivity index (χ0) is 33.4. The first-order valence-corrected chi connectivity index (χ1v) is 11.9. The highest BCUT2D eigenvalue weighted by atomic mass is 19.4. The zero-order valence-electron chi connectivity index (χ0n) is 22.3. The summed E-state index contributed by atoms with van der Waals surface area (Å²) in [6.45, 7) is 0. The second kappa shape index (κ2) is 12.7. The average molecular weight is 658 g/mol. The molecule has 0 unspecified atom stereocenters. The van der Waals surface area contributed by atoms with Gasteiger partial charge in [0.1, 0.15) is 0 Å².